The number of carbonyl (C=O) groups is 1. The van der Waals surface area contributed by atoms with Gasteiger partial charge in [0.25, 0.3) is 12.3 Å². The summed E-state index contributed by atoms with van der Waals surface area (Å²) in [5, 5.41) is 4.60. The maximum absolute atomic E-state index is 13.2. The molecule has 1 aliphatic rings. The molecule has 1 N–H and O–H groups in total. The van der Waals surface area contributed by atoms with E-state index in [9.17, 15) is 13.6 Å². The molecule has 0 aromatic carbocycles. The van der Waals surface area contributed by atoms with E-state index in [1.807, 2.05) is 31.3 Å². The van der Waals surface area contributed by atoms with E-state index in [2.05, 4.69) is 20.1 Å². The van der Waals surface area contributed by atoms with Gasteiger partial charge in [-0.15, -0.1) is 0 Å². The van der Waals surface area contributed by atoms with Crippen LogP contribution in [0.15, 0.2) is 41.5 Å². The lowest BCUT2D eigenvalue weighted by Crippen LogP contribution is -2.41. The van der Waals surface area contributed by atoms with Crippen molar-refractivity contribution >= 4 is 11.4 Å². The van der Waals surface area contributed by atoms with Crippen LogP contribution >= 0.6 is 0 Å². The average Bonchev–Trinajstić information content (AvgIpc) is 3.43. The number of aromatic nitrogens is 5. The molecule has 1 amide bonds. The van der Waals surface area contributed by atoms with Crippen molar-refractivity contribution in [3.63, 3.8) is 0 Å². The van der Waals surface area contributed by atoms with E-state index in [-0.39, 0.29) is 0 Å². The Balaban J connectivity index is 1.62. The molecule has 4 aromatic heterocycles. The number of aromatic amines is 1. The van der Waals surface area contributed by atoms with Gasteiger partial charge < -0.3 is 14.3 Å². The van der Waals surface area contributed by atoms with Crippen molar-refractivity contribution in [1.82, 2.24) is 29.5 Å². The maximum Gasteiger partial charge on any atom is 0.292 e. The van der Waals surface area contributed by atoms with Crippen LogP contribution in [0.5, 0.6) is 0 Å². The van der Waals surface area contributed by atoms with Gasteiger partial charge in [-0.25, -0.2) is 23.3 Å². The van der Waals surface area contributed by atoms with Crippen LogP contribution in [0.3, 0.4) is 0 Å². The Labute approximate surface area is 163 Å². The van der Waals surface area contributed by atoms with Crippen molar-refractivity contribution in [2.24, 2.45) is 0 Å². The molecule has 148 valence electrons. The number of amides is 1. The number of rotatable bonds is 3. The molecule has 8 nitrogen and oxygen atoms in total. The predicted molar refractivity (Wildman–Crippen MR) is 96.6 cm³/mol. The third-order valence-corrected chi connectivity index (χ3v) is 5.10. The van der Waals surface area contributed by atoms with Gasteiger partial charge in [0.15, 0.2) is 12.1 Å². The summed E-state index contributed by atoms with van der Waals surface area (Å²) in [6.45, 7) is 2.28. The van der Waals surface area contributed by atoms with Crippen molar-refractivity contribution in [3.8, 4) is 0 Å². The molecule has 1 aliphatic heterocycles. The largest absolute Gasteiger partial charge is 0.438 e. The number of oxazole rings is 1. The van der Waals surface area contributed by atoms with E-state index in [0.29, 0.717) is 24.4 Å². The molecule has 0 aliphatic carbocycles. The summed E-state index contributed by atoms with van der Waals surface area (Å²) >= 11 is 0. The number of alkyl halides is 2. The standard InChI is InChI=1S/C19H16F2N6O2/c1-10-2-5-27-11(6-10)7-13(25-27)16-14-12(22-8-23-14)3-4-26(16)19(28)17-15(18(20)21)24-9-29-17/h2,5-9,16,18H,3-4H2,1H3,(H,22,23)/t16-/m1/s1. The number of aryl methyl sites for hydroxylation is 1. The van der Waals surface area contributed by atoms with Crippen LogP contribution in [0.1, 0.15) is 51.4 Å². The number of hydrogen-bond acceptors (Lipinski definition) is 5. The normalized spacial score (nSPS) is 16.6. The number of nitrogens with one attached hydrogen (secondary N) is 1. The number of imidazole rings is 1. The quantitative estimate of drug-likeness (QED) is 0.573. The Bertz CT molecular complexity index is 1210. The number of fused-ring (bicyclic) bond motifs is 2. The number of carbonyl (C=O) groups excluding carboxylic acids is 1. The SMILES string of the molecule is Cc1ccn2nc([C@@H]3c4nc[nH]c4CCN3C(=O)c3ocnc3C(F)F)cc2c1. The van der Waals surface area contributed by atoms with Crippen LogP contribution in [0.4, 0.5) is 8.78 Å². The molecule has 0 saturated carbocycles. The molecule has 4 aromatic rings. The second kappa shape index (κ2) is 6.50. The van der Waals surface area contributed by atoms with Gasteiger partial charge in [-0.1, -0.05) is 0 Å². The summed E-state index contributed by atoms with van der Waals surface area (Å²) in [6, 6.07) is 5.14. The lowest BCUT2D eigenvalue weighted by Gasteiger charge is -2.33. The fourth-order valence-electron chi connectivity index (χ4n) is 3.75. The summed E-state index contributed by atoms with van der Waals surface area (Å²) in [7, 11) is 0. The van der Waals surface area contributed by atoms with Gasteiger partial charge in [-0.05, 0) is 30.7 Å². The molecule has 0 radical (unpaired) electrons. The monoisotopic (exact) mass is 398 g/mol. The fourth-order valence-corrected chi connectivity index (χ4v) is 3.75. The Morgan fingerprint density at radius 2 is 2.21 bits per heavy atom. The topological polar surface area (TPSA) is 92.3 Å². The lowest BCUT2D eigenvalue weighted by atomic mass is 9.99. The minimum atomic E-state index is -2.91. The van der Waals surface area contributed by atoms with E-state index < -0.39 is 29.8 Å². The van der Waals surface area contributed by atoms with E-state index in [4.69, 9.17) is 4.42 Å². The number of nitrogens with zero attached hydrogens (tertiary/aromatic N) is 5. The third kappa shape index (κ3) is 2.79. The predicted octanol–water partition coefficient (Wildman–Crippen LogP) is 3.08. The molecule has 5 rings (SSSR count). The number of H-pyrrole nitrogens is 1. The van der Waals surface area contributed by atoms with E-state index in [1.54, 1.807) is 10.8 Å². The van der Waals surface area contributed by atoms with E-state index >= 15 is 0 Å². The minimum Gasteiger partial charge on any atom is -0.438 e. The second-order valence-electron chi connectivity index (χ2n) is 6.93. The lowest BCUT2D eigenvalue weighted by molar-refractivity contribution is 0.0639. The molecule has 0 fully saturated rings. The van der Waals surface area contributed by atoms with Gasteiger partial charge in [0, 0.05) is 24.9 Å². The first-order valence-electron chi connectivity index (χ1n) is 9.03. The summed E-state index contributed by atoms with van der Waals surface area (Å²) in [5.74, 6) is -1.12. The molecule has 0 saturated heterocycles. The summed E-state index contributed by atoms with van der Waals surface area (Å²) in [6.07, 6.45) is 1.86. The van der Waals surface area contributed by atoms with Gasteiger partial charge in [0.1, 0.15) is 6.04 Å². The zero-order valence-corrected chi connectivity index (χ0v) is 15.3. The number of hydrogen-bond donors (Lipinski definition) is 1. The molecule has 29 heavy (non-hydrogen) atoms. The summed E-state index contributed by atoms with van der Waals surface area (Å²) < 4.78 is 33.2. The van der Waals surface area contributed by atoms with Crippen LogP contribution < -0.4 is 0 Å². The van der Waals surface area contributed by atoms with Gasteiger partial charge in [-0.3, -0.25) is 4.79 Å². The van der Waals surface area contributed by atoms with Gasteiger partial charge in [-0.2, -0.15) is 5.10 Å². The molecule has 0 unspecified atom stereocenters. The molecular formula is C19H16F2N6O2. The third-order valence-electron chi connectivity index (χ3n) is 5.10. The highest BCUT2D eigenvalue weighted by Gasteiger charge is 2.39. The molecule has 5 heterocycles. The smallest absolute Gasteiger partial charge is 0.292 e. The van der Waals surface area contributed by atoms with E-state index in [0.717, 1.165) is 23.2 Å². The van der Waals surface area contributed by atoms with Gasteiger partial charge in [0.2, 0.25) is 5.76 Å². The molecular weight excluding hydrogens is 382 g/mol. The van der Waals surface area contributed by atoms with Crippen molar-refractivity contribution in [2.45, 2.75) is 25.8 Å². The Hall–Kier alpha value is -3.56. The van der Waals surface area contributed by atoms with Crippen LogP contribution in [-0.4, -0.2) is 41.9 Å². The molecule has 0 bridgehead atoms. The Kier molecular flexibility index (Phi) is 3.93. The van der Waals surface area contributed by atoms with Crippen LogP contribution in [0, 0.1) is 6.92 Å². The fraction of sp³-hybridized carbons (Fsp3) is 0.263. The van der Waals surface area contributed by atoms with Crippen LogP contribution in [0.25, 0.3) is 5.52 Å². The van der Waals surface area contributed by atoms with E-state index in [1.165, 1.54) is 4.90 Å². The molecule has 0 spiro atoms. The number of halogens is 2. The summed E-state index contributed by atoms with van der Waals surface area (Å²) in [4.78, 5) is 25.6. The summed E-state index contributed by atoms with van der Waals surface area (Å²) in [5.41, 5.74) is 3.40. The average molecular weight is 398 g/mol. The van der Waals surface area contributed by atoms with Crippen molar-refractivity contribution in [3.05, 3.63) is 71.2 Å². The van der Waals surface area contributed by atoms with Gasteiger partial charge >= 0.3 is 0 Å². The Morgan fingerprint density at radius 3 is 3.03 bits per heavy atom. The highest BCUT2D eigenvalue weighted by molar-refractivity contribution is 5.93. The maximum atomic E-state index is 13.2. The minimum absolute atomic E-state index is 0.301. The van der Waals surface area contributed by atoms with Crippen molar-refractivity contribution < 1.29 is 18.0 Å². The van der Waals surface area contributed by atoms with Crippen LogP contribution in [-0.2, 0) is 6.42 Å². The van der Waals surface area contributed by atoms with Gasteiger partial charge in [0.05, 0.1) is 23.2 Å². The first-order chi connectivity index (χ1) is 14.0. The first kappa shape index (κ1) is 17.5. The first-order valence-corrected chi connectivity index (χ1v) is 9.03. The molecule has 10 heteroatoms. The van der Waals surface area contributed by atoms with Crippen LogP contribution in [0.2, 0.25) is 0 Å². The van der Waals surface area contributed by atoms with Crippen molar-refractivity contribution in [1.29, 1.82) is 0 Å². The highest BCUT2D eigenvalue weighted by Crippen LogP contribution is 2.35. The molecule has 1 atom stereocenters. The van der Waals surface area contributed by atoms with Crippen molar-refractivity contribution in [2.75, 3.05) is 6.54 Å². The Morgan fingerprint density at radius 1 is 1.34 bits per heavy atom. The zero-order chi connectivity index (χ0) is 20.1. The second-order valence-corrected chi connectivity index (χ2v) is 6.93. The zero-order valence-electron chi connectivity index (χ0n) is 15.3. The highest BCUT2D eigenvalue weighted by atomic mass is 19.3. The number of pyridine rings is 1.